The van der Waals surface area contributed by atoms with E-state index in [0.29, 0.717) is 6.61 Å². The summed E-state index contributed by atoms with van der Waals surface area (Å²) < 4.78 is 13.3. The van der Waals surface area contributed by atoms with E-state index in [1.54, 1.807) is 7.11 Å². The highest BCUT2D eigenvalue weighted by atomic mass is 79.9. The van der Waals surface area contributed by atoms with Crippen LogP contribution in [0.1, 0.15) is 16.7 Å². The summed E-state index contributed by atoms with van der Waals surface area (Å²) in [6.45, 7) is 4.62. The van der Waals surface area contributed by atoms with Crippen LogP contribution in [-0.2, 0) is 6.61 Å². The van der Waals surface area contributed by atoms with Crippen molar-refractivity contribution in [1.82, 2.24) is 0 Å². The molecule has 0 unspecified atom stereocenters. The zero-order chi connectivity index (χ0) is 14.7. The van der Waals surface area contributed by atoms with Crippen LogP contribution >= 0.6 is 31.9 Å². The summed E-state index contributed by atoms with van der Waals surface area (Å²) in [7, 11) is 1.66. The van der Waals surface area contributed by atoms with E-state index >= 15 is 0 Å². The standard InChI is InChI=1S/C16H16Br2O2/c1-10-6-14(7-11(2)16(10)18)20-9-12-8-13(19-3)4-5-15(12)17/h4-8H,9H2,1-3H3. The predicted octanol–water partition coefficient (Wildman–Crippen LogP) is 5.42. The zero-order valence-electron chi connectivity index (χ0n) is 11.7. The highest BCUT2D eigenvalue weighted by Gasteiger charge is 2.06. The number of rotatable bonds is 4. The van der Waals surface area contributed by atoms with Crippen LogP contribution in [0.15, 0.2) is 39.3 Å². The number of methoxy groups -OCH3 is 1. The van der Waals surface area contributed by atoms with Crippen molar-refractivity contribution < 1.29 is 9.47 Å². The summed E-state index contributed by atoms with van der Waals surface area (Å²) in [5, 5.41) is 0. The van der Waals surface area contributed by atoms with E-state index in [2.05, 4.69) is 45.7 Å². The maximum atomic E-state index is 5.88. The highest BCUT2D eigenvalue weighted by molar-refractivity contribution is 9.10. The van der Waals surface area contributed by atoms with Gasteiger partial charge in [0.25, 0.3) is 0 Å². The molecule has 4 heteroatoms. The van der Waals surface area contributed by atoms with Crippen molar-refractivity contribution in [3.05, 3.63) is 56.0 Å². The van der Waals surface area contributed by atoms with Gasteiger partial charge < -0.3 is 9.47 Å². The fourth-order valence-corrected chi connectivity index (χ4v) is 2.53. The Balaban J connectivity index is 2.16. The van der Waals surface area contributed by atoms with Gasteiger partial charge in [0.05, 0.1) is 7.11 Å². The summed E-state index contributed by atoms with van der Waals surface area (Å²) in [5.74, 6) is 1.70. The van der Waals surface area contributed by atoms with Crippen LogP contribution in [0.4, 0.5) is 0 Å². The quantitative estimate of drug-likeness (QED) is 0.683. The number of ether oxygens (including phenoxy) is 2. The summed E-state index contributed by atoms with van der Waals surface area (Å²) >= 11 is 7.09. The molecule has 0 amide bonds. The molecule has 0 aliphatic rings. The number of hydrogen-bond donors (Lipinski definition) is 0. The third kappa shape index (κ3) is 3.55. The van der Waals surface area contributed by atoms with E-state index in [1.165, 1.54) is 11.1 Å². The van der Waals surface area contributed by atoms with Gasteiger partial charge in [0.15, 0.2) is 0 Å². The van der Waals surface area contributed by atoms with E-state index in [1.807, 2.05) is 30.3 Å². The molecule has 2 nitrogen and oxygen atoms in total. The van der Waals surface area contributed by atoms with Crippen molar-refractivity contribution >= 4 is 31.9 Å². The van der Waals surface area contributed by atoms with Gasteiger partial charge in [-0.2, -0.15) is 0 Å². The second-order valence-corrected chi connectivity index (χ2v) is 6.26. The van der Waals surface area contributed by atoms with Crippen LogP contribution in [0, 0.1) is 13.8 Å². The van der Waals surface area contributed by atoms with E-state index in [0.717, 1.165) is 26.0 Å². The van der Waals surface area contributed by atoms with E-state index in [4.69, 9.17) is 9.47 Å². The Morgan fingerprint density at radius 3 is 2.20 bits per heavy atom. The van der Waals surface area contributed by atoms with Crippen LogP contribution in [-0.4, -0.2) is 7.11 Å². The summed E-state index contributed by atoms with van der Waals surface area (Å²) in [6.07, 6.45) is 0. The Kier molecular flexibility index (Phi) is 5.11. The molecule has 0 spiro atoms. The molecule has 0 saturated heterocycles. The first-order valence-corrected chi connectivity index (χ1v) is 7.82. The molecule has 2 aromatic rings. The van der Waals surface area contributed by atoms with Gasteiger partial charge in [0, 0.05) is 14.5 Å². The second-order valence-electron chi connectivity index (χ2n) is 4.62. The minimum Gasteiger partial charge on any atom is -0.497 e. The number of halogens is 2. The SMILES string of the molecule is COc1ccc(Br)c(COc2cc(C)c(Br)c(C)c2)c1. The van der Waals surface area contributed by atoms with Gasteiger partial charge in [-0.15, -0.1) is 0 Å². The van der Waals surface area contributed by atoms with Crippen LogP contribution < -0.4 is 9.47 Å². The molecule has 0 aliphatic heterocycles. The molecule has 0 aliphatic carbocycles. The number of hydrogen-bond acceptors (Lipinski definition) is 2. The van der Waals surface area contributed by atoms with Crippen molar-refractivity contribution in [3.63, 3.8) is 0 Å². The summed E-state index contributed by atoms with van der Waals surface area (Å²) in [6, 6.07) is 9.93. The average Bonchev–Trinajstić information content (AvgIpc) is 2.43. The van der Waals surface area contributed by atoms with E-state index in [-0.39, 0.29) is 0 Å². The molecule has 0 atom stereocenters. The molecule has 106 valence electrons. The Labute approximate surface area is 136 Å². The van der Waals surface area contributed by atoms with Gasteiger partial charge in [0.1, 0.15) is 18.1 Å². The summed E-state index contributed by atoms with van der Waals surface area (Å²) in [5.41, 5.74) is 3.40. The fraction of sp³-hybridized carbons (Fsp3) is 0.250. The molecule has 0 fully saturated rings. The maximum absolute atomic E-state index is 5.88. The first kappa shape index (κ1) is 15.4. The van der Waals surface area contributed by atoms with Crippen molar-refractivity contribution in [2.24, 2.45) is 0 Å². The molecule has 0 bridgehead atoms. The van der Waals surface area contributed by atoms with Gasteiger partial charge in [-0.3, -0.25) is 0 Å². The van der Waals surface area contributed by atoms with Gasteiger partial charge in [-0.25, -0.2) is 0 Å². The molecule has 2 rings (SSSR count). The lowest BCUT2D eigenvalue weighted by Crippen LogP contribution is -1.98. The summed E-state index contributed by atoms with van der Waals surface area (Å²) in [4.78, 5) is 0. The first-order chi connectivity index (χ1) is 9.51. The Morgan fingerprint density at radius 1 is 0.950 bits per heavy atom. The molecule has 0 saturated carbocycles. The molecule has 0 N–H and O–H groups in total. The van der Waals surface area contributed by atoms with Crippen molar-refractivity contribution in [1.29, 1.82) is 0 Å². The van der Waals surface area contributed by atoms with Gasteiger partial charge in [-0.1, -0.05) is 31.9 Å². The number of benzene rings is 2. The monoisotopic (exact) mass is 398 g/mol. The molecular formula is C16H16Br2O2. The molecule has 2 aromatic carbocycles. The van der Waals surface area contributed by atoms with Gasteiger partial charge >= 0.3 is 0 Å². The third-order valence-electron chi connectivity index (χ3n) is 3.06. The topological polar surface area (TPSA) is 18.5 Å². The lowest BCUT2D eigenvalue weighted by molar-refractivity contribution is 0.304. The average molecular weight is 400 g/mol. The van der Waals surface area contributed by atoms with Crippen LogP contribution in [0.2, 0.25) is 0 Å². The Hall–Kier alpha value is -1.00. The van der Waals surface area contributed by atoms with Crippen molar-refractivity contribution in [2.75, 3.05) is 7.11 Å². The lowest BCUT2D eigenvalue weighted by Gasteiger charge is -2.12. The normalized spacial score (nSPS) is 10.4. The zero-order valence-corrected chi connectivity index (χ0v) is 14.8. The molecule has 0 radical (unpaired) electrons. The smallest absolute Gasteiger partial charge is 0.120 e. The third-order valence-corrected chi connectivity index (χ3v) is 5.08. The fourth-order valence-electron chi connectivity index (χ4n) is 1.94. The Morgan fingerprint density at radius 2 is 1.60 bits per heavy atom. The predicted molar refractivity (Wildman–Crippen MR) is 88.6 cm³/mol. The minimum absolute atomic E-state index is 0.498. The first-order valence-electron chi connectivity index (χ1n) is 6.23. The van der Waals surface area contributed by atoms with Crippen LogP contribution in [0.25, 0.3) is 0 Å². The molecular weight excluding hydrogens is 384 g/mol. The van der Waals surface area contributed by atoms with E-state index in [9.17, 15) is 0 Å². The van der Waals surface area contributed by atoms with Crippen molar-refractivity contribution in [2.45, 2.75) is 20.5 Å². The van der Waals surface area contributed by atoms with Crippen molar-refractivity contribution in [3.8, 4) is 11.5 Å². The van der Waals surface area contributed by atoms with E-state index < -0.39 is 0 Å². The minimum atomic E-state index is 0.498. The van der Waals surface area contributed by atoms with Gasteiger partial charge in [0.2, 0.25) is 0 Å². The maximum Gasteiger partial charge on any atom is 0.120 e. The lowest BCUT2D eigenvalue weighted by atomic mass is 10.1. The van der Waals surface area contributed by atoms with Crippen LogP contribution in [0.5, 0.6) is 11.5 Å². The largest absolute Gasteiger partial charge is 0.497 e. The van der Waals surface area contributed by atoms with Gasteiger partial charge in [-0.05, 0) is 55.3 Å². The molecule has 0 aromatic heterocycles. The second kappa shape index (κ2) is 6.64. The van der Waals surface area contributed by atoms with Crippen LogP contribution in [0.3, 0.4) is 0 Å². The highest BCUT2D eigenvalue weighted by Crippen LogP contribution is 2.28. The Bertz CT molecular complexity index is 601. The molecule has 20 heavy (non-hydrogen) atoms. The molecule has 0 heterocycles. The number of aryl methyl sites for hydroxylation is 2.